The first-order chi connectivity index (χ1) is 18.2. The van der Waals surface area contributed by atoms with Gasteiger partial charge in [0.25, 0.3) is 5.92 Å². The van der Waals surface area contributed by atoms with Gasteiger partial charge in [0.2, 0.25) is 5.95 Å². The Hall–Kier alpha value is -3.36. The minimum Gasteiger partial charge on any atom is -0.355 e. The van der Waals surface area contributed by atoms with Crippen LogP contribution in [0.2, 0.25) is 5.02 Å². The highest BCUT2D eigenvalue weighted by atomic mass is 35.5. The van der Waals surface area contributed by atoms with Crippen LogP contribution in [-0.2, 0) is 13.1 Å². The molecule has 2 saturated heterocycles. The van der Waals surface area contributed by atoms with Crippen molar-refractivity contribution >= 4 is 23.4 Å². The lowest BCUT2D eigenvalue weighted by atomic mass is 9.73. The zero-order valence-electron chi connectivity index (χ0n) is 20.4. The maximum atomic E-state index is 14.7. The Morgan fingerprint density at radius 3 is 2.55 bits per heavy atom. The quantitative estimate of drug-likeness (QED) is 0.484. The number of nitriles is 1. The zero-order chi connectivity index (χ0) is 26.2. The number of hydrogen-bond acceptors (Lipinski definition) is 7. The van der Waals surface area contributed by atoms with E-state index in [9.17, 15) is 13.2 Å². The topological polar surface area (TPSA) is 77.1 Å². The molecule has 3 fully saturated rings. The van der Waals surface area contributed by atoms with Crippen molar-refractivity contribution in [3.05, 3.63) is 58.3 Å². The standard InChI is InChI=1S/C26H24ClF3N8/c27-18-3-5-21-16(7-18)9-35(15-26(29,30)17-1-2-17)10-23-33-34-24(38(21)23)37-13-25(14-37)11-36(12-25)22-6-4-19(28)20(8-31)32-22/h3-7,17H,1-2,9-15H2. The van der Waals surface area contributed by atoms with Gasteiger partial charge in [0.05, 0.1) is 18.8 Å². The predicted molar refractivity (Wildman–Crippen MR) is 134 cm³/mol. The summed E-state index contributed by atoms with van der Waals surface area (Å²) in [5, 5.41) is 18.5. The number of anilines is 2. The lowest BCUT2D eigenvalue weighted by Gasteiger charge is -2.60. The van der Waals surface area contributed by atoms with Gasteiger partial charge in [0.15, 0.2) is 17.3 Å². The molecule has 1 aromatic carbocycles. The van der Waals surface area contributed by atoms with E-state index in [1.165, 1.54) is 6.07 Å². The van der Waals surface area contributed by atoms with E-state index in [0.29, 0.717) is 42.0 Å². The fraction of sp³-hybridized carbons (Fsp3) is 0.462. The summed E-state index contributed by atoms with van der Waals surface area (Å²) >= 11 is 6.30. The molecule has 7 rings (SSSR count). The second-order valence-electron chi connectivity index (χ2n) is 11.0. The first-order valence-electron chi connectivity index (χ1n) is 12.6. The Kier molecular flexibility index (Phi) is 5.20. The van der Waals surface area contributed by atoms with Crippen molar-refractivity contribution in [1.29, 1.82) is 5.26 Å². The molecule has 12 heteroatoms. The van der Waals surface area contributed by atoms with Gasteiger partial charge in [-0.15, -0.1) is 10.2 Å². The number of nitrogens with zero attached hydrogens (tertiary/aromatic N) is 8. The van der Waals surface area contributed by atoms with Gasteiger partial charge in [-0.2, -0.15) is 5.26 Å². The van der Waals surface area contributed by atoms with Gasteiger partial charge in [-0.1, -0.05) is 11.6 Å². The molecule has 4 aliphatic rings. The second-order valence-corrected chi connectivity index (χ2v) is 11.5. The first-order valence-corrected chi connectivity index (χ1v) is 13.0. The lowest BCUT2D eigenvalue weighted by molar-refractivity contribution is -0.0558. The first kappa shape index (κ1) is 23.7. The fourth-order valence-electron chi connectivity index (χ4n) is 6.02. The van der Waals surface area contributed by atoms with Crippen LogP contribution in [0.3, 0.4) is 0 Å². The van der Waals surface area contributed by atoms with Crippen LogP contribution in [0.4, 0.5) is 24.9 Å². The van der Waals surface area contributed by atoms with E-state index >= 15 is 0 Å². The van der Waals surface area contributed by atoms with Crippen molar-refractivity contribution < 1.29 is 13.2 Å². The normalized spacial score (nSPS) is 20.3. The van der Waals surface area contributed by atoms with Crippen molar-refractivity contribution in [2.75, 3.05) is 42.5 Å². The molecule has 3 aliphatic heterocycles. The van der Waals surface area contributed by atoms with Crippen LogP contribution in [0, 0.1) is 28.5 Å². The average molecular weight is 541 g/mol. The molecule has 1 spiro atoms. The zero-order valence-corrected chi connectivity index (χ0v) is 21.2. The molecule has 1 aliphatic carbocycles. The molecule has 0 amide bonds. The van der Waals surface area contributed by atoms with Crippen molar-refractivity contribution in [1.82, 2.24) is 24.6 Å². The summed E-state index contributed by atoms with van der Waals surface area (Å²) in [6.45, 7) is 3.29. The number of halogens is 4. The molecule has 0 unspecified atom stereocenters. The van der Waals surface area contributed by atoms with Gasteiger partial charge in [-0.3, -0.25) is 9.47 Å². The number of aromatic nitrogens is 4. The Labute approximate surface area is 222 Å². The van der Waals surface area contributed by atoms with Gasteiger partial charge in [-0.25, -0.2) is 18.2 Å². The summed E-state index contributed by atoms with van der Waals surface area (Å²) in [7, 11) is 0. The molecule has 0 radical (unpaired) electrons. The number of fused-ring (bicyclic) bond motifs is 3. The highest BCUT2D eigenvalue weighted by Gasteiger charge is 2.54. The molecule has 3 aromatic rings. The van der Waals surface area contributed by atoms with E-state index in [1.54, 1.807) is 23.1 Å². The summed E-state index contributed by atoms with van der Waals surface area (Å²) in [6.07, 6.45) is 1.16. The predicted octanol–water partition coefficient (Wildman–Crippen LogP) is 4.01. The van der Waals surface area contributed by atoms with Gasteiger partial charge >= 0.3 is 0 Å². The highest BCUT2D eigenvalue weighted by molar-refractivity contribution is 6.30. The molecule has 2 aromatic heterocycles. The molecule has 0 N–H and O–H groups in total. The number of benzene rings is 1. The molecular formula is C26H24ClF3N8. The van der Waals surface area contributed by atoms with E-state index in [2.05, 4.69) is 20.1 Å². The third kappa shape index (κ3) is 3.89. The van der Waals surface area contributed by atoms with Gasteiger partial charge < -0.3 is 9.80 Å². The molecule has 0 atom stereocenters. The Bertz CT molecular complexity index is 1470. The maximum Gasteiger partial charge on any atom is 0.263 e. The van der Waals surface area contributed by atoms with E-state index in [1.807, 2.05) is 21.6 Å². The van der Waals surface area contributed by atoms with Gasteiger partial charge in [0.1, 0.15) is 11.9 Å². The number of rotatable bonds is 5. The smallest absolute Gasteiger partial charge is 0.263 e. The van der Waals surface area contributed by atoms with Crippen LogP contribution in [0.15, 0.2) is 30.3 Å². The summed E-state index contributed by atoms with van der Waals surface area (Å²) in [5.74, 6) is -1.97. The molecule has 38 heavy (non-hydrogen) atoms. The summed E-state index contributed by atoms with van der Waals surface area (Å²) in [4.78, 5) is 10.1. The third-order valence-corrected chi connectivity index (χ3v) is 8.25. The van der Waals surface area contributed by atoms with Crippen LogP contribution in [-0.4, -0.2) is 63.3 Å². The SMILES string of the molecule is N#Cc1nc(N2CC3(C2)CN(c2nnc4n2-c2ccc(Cl)cc2CN(CC(F)(F)C2CC2)C4)C3)ccc1F. The van der Waals surface area contributed by atoms with Crippen molar-refractivity contribution in [2.24, 2.45) is 11.3 Å². The van der Waals surface area contributed by atoms with E-state index < -0.39 is 17.7 Å². The molecule has 5 heterocycles. The summed E-state index contributed by atoms with van der Waals surface area (Å²) in [6, 6.07) is 10.2. The van der Waals surface area contributed by atoms with Crippen LogP contribution >= 0.6 is 11.6 Å². The molecular weight excluding hydrogens is 517 g/mol. The maximum absolute atomic E-state index is 14.7. The molecule has 0 bridgehead atoms. The van der Waals surface area contributed by atoms with Crippen LogP contribution in [0.1, 0.15) is 29.9 Å². The number of pyridine rings is 1. The lowest BCUT2D eigenvalue weighted by Crippen LogP contribution is -2.73. The monoisotopic (exact) mass is 540 g/mol. The van der Waals surface area contributed by atoms with E-state index in [0.717, 1.165) is 37.4 Å². The van der Waals surface area contributed by atoms with Gasteiger partial charge in [0, 0.05) is 49.1 Å². The van der Waals surface area contributed by atoms with Crippen LogP contribution in [0.5, 0.6) is 0 Å². The van der Waals surface area contributed by atoms with E-state index in [-0.39, 0.29) is 24.2 Å². The van der Waals surface area contributed by atoms with Crippen molar-refractivity contribution in [2.45, 2.75) is 31.9 Å². The Morgan fingerprint density at radius 1 is 1.05 bits per heavy atom. The van der Waals surface area contributed by atoms with Crippen LogP contribution < -0.4 is 9.80 Å². The minimum atomic E-state index is -2.73. The van der Waals surface area contributed by atoms with Crippen molar-refractivity contribution in [3.63, 3.8) is 0 Å². The molecule has 1 saturated carbocycles. The largest absolute Gasteiger partial charge is 0.355 e. The van der Waals surface area contributed by atoms with E-state index in [4.69, 9.17) is 16.9 Å². The summed E-state index contributed by atoms with van der Waals surface area (Å²) < 4.78 is 45.1. The Balaban J connectivity index is 1.11. The van der Waals surface area contributed by atoms with Gasteiger partial charge in [-0.05, 0) is 48.7 Å². The second kappa shape index (κ2) is 8.32. The third-order valence-electron chi connectivity index (χ3n) is 8.01. The molecule has 196 valence electrons. The number of alkyl halides is 2. The average Bonchev–Trinajstić information content (AvgIpc) is 3.63. The highest BCUT2D eigenvalue weighted by Crippen LogP contribution is 2.46. The number of hydrogen-bond donors (Lipinski definition) is 0. The Morgan fingerprint density at radius 2 is 1.82 bits per heavy atom. The minimum absolute atomic E-state index is 0.0428. The van der Waals surface area contributed by atoms with Crippen molar-refractivity contribution in [3.8, 4) is 11.8 Å². The fourth-order valence-corrected chi connectivity index (χ4v) is 6.21. The van der Waals surface area contributed by atoms with Crippen LogP contribution in [0.25, 0.3) is 5.69 Å². The summed E-state index contributed by atoms with van der Waals surface area (Å²) in [5.41, 5.74) is 1.57. The molecule has 8 nitrogen and oxygen atoms in total.